The zero-order valence-corrected chi connectivity index (χ0v) is 11.2. The average molecular weight is 247 g/mol. The van der Waals surface area contributed by atoms with E-state index >= 15 is 0 Å². The largest absolute Gasteiger partial charge is 0.496 e. The highest BCUT2D eigenvalue weighted by molar-refractivity contribution is 5.76. The molecule has 1 aliphatic rings. The van der Waals surface area contributed by atoms with Crippen LogP contribution in [0.1, 0.15) is 36.8 Å². The fourth-order valence-corrected chi connectivity index (χ4v) is 2.08. The topological polar surface area (TPSA) is 38.3 Å². The fraction of sp³-hybridized carbons (Fsp3) is 0.533. The van der Waals surface area contributed by atoms with Crippen molar-refractivity contribution in [3.63, 3.8) is 0 Å². The molecule has 1 aromatic rings. The molecule has 0 unspecified atom stereocenters. The third kappa shape index (κ3) is 3.76. The number of hydrogen-bond donors (Lipinski definition) is 1. The van der Waals surface area contributed by atoms with Gasteiger partial charge in [-0.3, -0.25) is 4.79 Å². The molecular weight excluding hydrogens is 226 g/mol. The van der Waals surface area contributed by atoms with Crippen molar-refractivity contribution in [3.8, 4) is 5.75 Å². The lowest BCUT2D eigenvalue weighted by molar-refractivity contribution is -0.121. The molecule has 0 aliphatic heterocycles. The average Bonchev–Trinajstić information content (AvgIpc) is 3.13. The van der Waals surface area contributed by atoms with E-state index in [4.69, 9.17) is 4.74 Å². The van der Waals surface area contributed by atoms with E-state index in [0.29, 0.717) is 12.5 Å². The van der Waals surface area contributed by atoms with Crippen LogP contribution < -0.4 is 10.1 Å². The van der Waals surface area contributed by atoms with Gasteiger partial charge in [-0.15, -0.1) is 0 Å². The zero-order chi connectivity index (χ0) is 13.0. The number of nitrogens with one attached hydrogen (secondary N) is 1. The zero-order valence-electron chi connectivity index (χ0n) is 11.2. The summed E-state index contributed by atoms with van der Waals surface area (Å²) in [6.45, 7) is 2.04. The van der Waals surface area contributed by atoms with Gasteiger partial charge in [0.05, 0.1) is 7.11 Å². The van der Waals surface area contributed by atoms with E-state index in [9.17, 15) is 4.79 Å². The van der Waals surface area contributed by atoms with Crippen molar-refractivity contribution >= 4 is 5.91 Å². The molecule has 0 spiro atoms. The van der Waals surface area contributed by atoms with Gasteiger partial charge in [0.2, 0.25) is 5.91 Å². The first-order valence-electron chi connectivity index (χ1n) is 6.62. The molecule has 0 radical (unpaired) electrons. The first kappa shape index (κ1) is 12.9. The minimum Gasteiger partial charge on any atom is -0.496 e. The second-order valence-electron chi connectivity index (χ2n) is 5.00. The number of aryl methyl sites for hydroxylation is 2. The van der Waals surface area contributed by atoms with Crippen molar-refractivity contribution < 1.29 is 9.53 Å². The normalized spacial score (nSPS) is 14.3. The van der Waals surface area contributed by atoms with Gasteiger partial charge in [0.25, 0.3) is 0 Å². The number of amides is 1. The van der Waals surface area contributed by atoms with E-state index in [1.54, 1.807) is 7.11 Å². The van der Waals surface area contributed by atoms with E-state index in [2.05, 4.69) is 17.4 Å². The molecule has 3 heteroatoms. The lowest BCUT2D eigenvalue weighted by atomic mass is 10.0. The first-order chi connectivity index (χ1) is 8.69. The molecule has 0 heterocycles. The molecule has 0 atom stereocenters. The molecule has 0 bridgehead atoms. The summed E-state index contributed by atoms with van der Waals surface area (Å²) in [6.07, 6.45) is 4.79. The highest BCUT2D eigenvalue weighted by Gasteiger charge is 2.22. The number of benzene rings is 1. The van der Waals surface area contributed by atoms with Crippen molar-refractivity contribution in [3.05, 3.63) is 29.3 Å². The maximum Gasteiger partial charge on any atom is 0.220 e. The minimum atomic E-state index is 0.197. The molecule has 1 aliphatic carbocycles. The van der Waals surface area contributed by atoms with Crippen LogP contribution in [0, 0.1) is 6.92 Å². The van der Waals surface area contributed by atoms with E-state index < -0.39 is 0 Å². The number of carbonyl (C=O) groups is 1. The SMILES string of the molecule is COc1ccc(CCCC(=O)NC2CC2)cc1C. The number of ether oxygens (including phenoxy) is 1. The third-order valence-electron chi connectivity index (χ3n) is 3.27. The highest BCUT2D eigenvalue weighted by Crippen LogP contribution is 2.20. The number of hydrogen-bond acceptors (Lipinski definition) is 2. The Morgan fingerprint density at radius 3 is 2.83 bits per heavy atom. The Morgan fingerprint density at radius 2 is 2.22 bits per heavy atom. The summed E-state index contributed by atoms with van der Waals surface area (Å²) in [4.78, 5) is 11.5. The summed E-state index contributed by atoms with van der Waals surface area (Å²) in [7, 11) is 1.68. The fourth-order valence-electron chi connectivity index (χ4n) is 2.08. The molecule has 0 saturated heterocycles. The van der Waals surface area contributed by atoms with Gasteiger partial charge in [-0.25, -0.2) is 0 Å². The van der Waals surface area contributed by atoms with Crippen molar-refractivity contribution in [2.75, 3.05) is 7.11 Å². The number of carbonyl (C=O) groups excluding carboxylic acids is 1. The predicted octanol–water partition coefficient (Wildman–Crippen LogP) is 2.60. The number of methoxy groups -OCH3 is 1. The second kappa shape index (κ2) is 5.89. The molecule has 98 valence electrons. The highest BCUT2D eigenvalue weighted by atomic mass is 16.5. The Hall–Kier alpha value is -1.51. The van der Waals surface area contributed by atoms with Gasteiger partial charge < -0.3 is 10.1 Å². The van der Waals surface area contributed by atoms with E-state index in [-0.39, 0.29) is 5.91 Å². The standard InChI is InChI=1S/C15H21NO2/c1-11-10-12(6-9-14(11)18-2)4-3-5-15(17)16-13-7-8-13/h6,9-10,13H,3-5,7-8H2,1-2H3,(H,16,17). The molecule has 18 heavy (non-hydrogen) atoms. The lowest BCUT2D eigenvalue weighted by Gasteiger charge is -2.07. The van der Waals surface area contributed by atoms with Crippen LogP contribution in [0.4, 0.5) is 0 Å². The Balaban J connectivity index is 1.75. The first-order valence-corrected chi connectivity index (χ1v) is 6.62. The second-order valence-corrected chi connectivity index (χ2v) is 5.00. The molecule has 1 amide bonds. The van der Waals surface area contributed by atoms with Crippen LogP contribution in [0.5, 0.6) is 5.75 Å². The van der Waals surface area contributed by atoms with Crippen LogP contribution in [-0.2, 0) is 11.2 Å². The quantitative estimate of drug-likeness (QED) is 0.839. The minimum absolute atomic E-state index is 0.197. The van der Waals surface area contributed by atoms with E-state index in [0.717, 1.165) is 37.0 Å². The lowest BCUT2D eigenvalue weighted by Crippen LogP contribution is -2.24. The Labute approximate surface area is 109 Å². The van der Waals surface area contributed by atoms with Crippen LogP contribution in [0.25, 0.3) is 0 Å². The maximum absolute atomic E-state index is 11.5. The van der Waals surface area contributed by atoms with Gasteiger partial charge in [-0.2, -0.15) is 0 Å². The van der Waals surface area contributed by atoms with Gasteiger partial charge in [0.1, 0.15) is 5.75 Å². The molecule has 2 rings (SSSR count). The molecule has 0 aromatic heterocycles. The van der Waals surface area contributed by atoms with Gasteiger partial charge in [-0.1, -0.05) is 12.1 Å². The van der Waals surface area contributed by atoms with Crippen LogP contribution in [0.2, 0.25) is 0 Å². The van der Waals surface area contributed by atoms with Gasteiger partial charge in [0.15, 0.2) is 0 Å². The summed E-state index contributed by atoms with van der Waals surface area (Å²) in [6, 6.07) is 6.68. The van der Waals surface area contributed by atoms with Crippen molar-refractivity contribution in [1.82, 2.24) is 5.32 Å². The summed E-state index contributed by atoms with van der Waals surface area (Å²) >= 11 is 0. The third-order valence-corrected chi connectivity index (χ3v) is 3.27. The van der Waals surface area contributed by atoms with Crippen LogP contribution in [0.15, 0.2) is 18.2 Å². The van der Waals surface area contributed by atoms with Crippen LogP contribution in [-0.4, -0.2) is 19.1 Å². The molecule has 1 N–H and O–H groups in total. The smallest absolute Gasteiger partial charge is 0.220 e. The van der Waals surface area contributed by atoms with Crippen LogP contribution >= 0.6 is 0 Å². The van der Waals surface area contributed by atoms with Crippen LogP contribution in [0.3, 0.4) is 0 Å². The summed E-state index contributed by atoms with van der Waals surface area (Å²) in [5.41, 5.74) is 2.42. The molecule has 1 fully saturated rings. The van der Waals surface area contributed by atoms with Crippen molar-refractivity contribution in [2.24, 2.45) is 0 Å². The Morgan fingerprint density at radius 1 is 1.44 bits per heavy atom. The summed E-state index contributed by atoms with van der Waals surface area (Å²) in [5.74, 6) is 1.12. The molecule has 1 aromatic carbocycles. The van der Waals surface area contributed by atoms with Crippen molar-refractivity contribution in [1.29, 1.82) is 0 Å². The maximum atomic E-state index is 11.5. The Kier molecular flexibility index (Phi) is 4.24. The molecular formula is C15H21NO2. The van der Waals surface area contributed by atoms with Gasteiger partial charge in [0, 0.05) is 12.5 Å². The van der Waals surface area contributed by atoms with Gasteiger partial charge in [-0.05, 0) is 49.8 Å². The van der Waals surface area contributed by atoms with E-state index in [1.165, 1.54) is 5.56 Å². The van der Waals surface area contributed by atoms with Crippen molar-refractivity contribution in [2.45, 2.75) is 45.1 Å². The molecule has 3 nitrogen and oxygen atoms in total. The summed E-state index contributed by atoms with van der Waals surface area (Å²) < 4.78 is 5.23. The number of rotatable bonds is 6. The summed E-state index contributed by atoms with van der Waals surface area (Å²) in [5, 5.41) is 3.01. The monoisotopic (exact) mass is 247 g/mol. The molecule has 1 saturated carbocycles. The van der Waals surface area contributed by atoms with Gasteiger partial charge >= 0.3 is 0 Å². The van der Waals surface area contributed by atoms with E-state index in [1.807, 2.05) is 13.0 Å². The predicted molar refractivity (Wildman–Crippen MR) is 71.8 cm³/mol. The Bertz CT molecular complexity index is 425.